The van der Waals surface area contributed by atoms with Crippen molar-refractivity contribution >= 4 is 11.8 Å². The lowest BCUT2D eigenvalue weighted by Gasteiger charge is -2.43. The molecule has 2 amide bonds. The zero-order chi connectivity index (χ0) is 22.6. The van der Waals surface area contributed by atoms with E-state index in [4.69, 9.17) is 0 Å². The molecule has 3 heterocycles. The molecule has 0 bridgehead atoms. The Kier molecular flexibility index (Phi) is 6.30. The first kappa shape index (κ1) is 21.7. The Morgan fingerprint density at radius 2 is 1.69 bits per heavy atom. The van der Waals surface area contributed by atoms with E-state index >= 15 is 0 Å². The van der Waals surface area contributed by atoms with Gasteiger partial charge in [-0.05, 0) is 60.2 Å². The zero-order valence-corrected chi connectivity index (χ0v) is 18.6. The van der Waals surface area contributed by atoms with Crippen LogP contribution >= 0.6 is 0 Å². The van der Waals surface area contributed by atoms with Crippen molar-refractivity contribution in [3.8, 4) is 11.1 Å². The average molecular weight is 429 g/mol. The molecule has 6 heteroatoms. The lowest BCUT2D eigenvalue weighted by molar-refractivity contribution is -0.142. The summed E-state index contributed by atoms with van der Waals surface area (Å²) in [5.74, 6) is -0.0523. The van der Waals surface area contributed by atoms with Gasteiger partial charge in [-0.15, -0.1) is 0 Å². The van der Waals surface area contributed by atoms with Crippen molar-refractivity contribution in [2.75, 3.05) is 27.2 Å². The molecule has 1 aromatic carbocycles. The molecular formula is C26H28N4O2. The van der Waals surface area contributed by atoms with Crippen molar-refractivity contribution in [1.82, 2.24) is 19.8 Å². The highest BCUT2D eigenvalue weighted by atomic mass is 16.2. The largest absolute Gasteiger partial charge is 0.348 e. The molecule has 0 unspecified atom stereocenters. The van der Waals surface area contributed by atoms with Crippen LogP contribution in [0.4, 0.5) is 0 Å². The minimum absolute atomic E-state index is 0.0641. The fourth-order valence-corrected chi connectivity index (χ4v) is 4.58. The van der Waals surface area contributed by atoms with Crippen LogP contribution < -0.4 is 0 Å². The van der Waals surface area contributed by atoms with Crippen molar-refractivity contribution in [3.63, 3.8) is 0 Å². The van der Waals surface area contributed by atoms with Crippen LogP contribution in [0.25, 0.3) is 11.1 Å². The lowest BCUT2D eigenvalue weighted by Crippen LogP contribution is -2.54. The molecule has 6 nitrogen and oxygen atoms in total. The highest BCUT2D eigenvalue weighted by Gasteiger charge is 2.44. The summed E-state index contributed by atoms with van der Waals surface area (Å²) in [6, 6.07) is 17.6. The van der Waals surface area contributed by atoms with Gasteiger partial charge in [0.1, 0.15) is 5.69 Å². The fourth-order valence-electron chi connectivity index (χ4n) is 4.58. The first-order valence-electron chi connectivity index (χ1n) is 10.9. The Bertz CT molecular complexity index is 1070. The molecule has 1 fully saturated rings. The third-order valence-corrected chi connectivity index (χ3v) is 6.12. The molecule has 32 heavy (non-hydrogen) atoms. The van der Waals surface area contributed by atoms with Crippen molar-refractivity contribution in [1.29, 1.82) is 0 Å². The summed E-state index contributed by atoms with van der Waals surface area (Å²) in [6.45, 7) is 1.03. The van der Waals surface area contributed by atoms with Crippen LogP contribution in [0.5, 0.6) is 0 Å². The molecule has 3 aromatic rings. The summed E-state index contributed by atoms with van der Waals surface area (Å²) in [6.07, 6.45) is 7.31. The molecular weight excluding hydrogens is 400 g/mol. The standard InChI is InChI=1S/C26H28N4O2/c1-29(2)25(32)26(13-5-17-30(19-26)24(31)23-6-3-4-14-28-23)18-20-7-9-21(10-8-20)22-11-15-27-16-12-22/h3-4,6-12,14-16H,5,13,17-19H2,1-2H3/t26-/m1/s1. The maximum atomic E-state index is 13.4. The third-order valence-electron chi connectivity index (χ3n) is 6.12. The first-order chi connectivity index (χ1) is 15.5. The number of likely N-dealkylation sites (tertiary alicyclic amines) is 1. The van der Waals surface area contributed by atoms with E-state index in [0.29, 0.717) is 25.2 Å². The predicted molar refractivity (Wildman–Crippen MR) is 124 cm³/mol. The molecule has 0 aliphatic carbocycles. The molecule has 1 saturated heterocycles. The summed E-state index contributed by atoms with van der Waals surface area (Å²) < 4.78 is 0. The number of benzene rings is 1. The summed E-state index contributed by atoms with van der Waals surface area (Å²) in [5, 5.41) is 0. The Hall–Kier alpha value is -3.54. The number of amides is 2. The fraction of sp³-hybridized carbons (Fsp3) is 0.308. The number of piperidine rings is 1. The molecule has 0 N–H and O–H groups in total. The Morgan fingerprint density at radius 1 is 0.969 bits per heavy atom. The highest BCUT2D eigenvalue weighted by molar-refractivity contribution is 5.93. The van der Waals surface area contributed by atoms with E-state index in [1.165, 1.54) is 0 Å². The van der Waals surface area contributed by atoms with Crippen LogP contribution in [-0.4, -0.2) is 58.8 Å². The van der Waals surface area contributed by atoms with E-state index in [1.54, 1.807) is 54.6 Å². The second-order valence-corrected chi connectivity index (χ2v) is 8.63. The number of carbonyl (C=O) groups is 2. The second-order valence-electron chi connectivity index (χ2n) is 8.63. The Morgan fingerprint density at radius 3 is 2.34 bits per heavy atom. The van der Waals surface area contributed by atoms with Gasteiger partial charge in [0, 0.05) is 45.8 Å². The molecule has 1 atom stereocenters. The monoisotopic (exact) mass is 428 g/mol. The van der Waals surface area contributed by atoms with Crippen LogP contribution in [0.2, 0.25) is 0 Å². The van der Waals surface area contributed by atoms with E-state index in [2.05, 4.69) is 34.2 Å². The highest BCUT2D eigenvalue weighted by Crippen LogP contribution is 2.36. The topological polar surface area (TPSA) is 66.4 Å². The van der Waals surface area contributed by atoms with E-state index < -0.39 is 5.41 Å². The van der Waals surface area contributed by atoms with Crippen LogP contribution in [-0.2, 0) is 11.2 Å². The smallest absolute Gasteiger partial charge is 0.272 e. The van der Waals surface area contributed by atoms with Gasteiger partial charge in [0.2, 0.25) is 5.91 Å². The molecule has 1 aliphatic heterocycles. The molecule has 1 aliphatic rings. The number of hydrogen-bond donors (Lipinski definition) is 0. The van der Waals surface area contributed by atoms with Gasteiger partial charge in [0.15, 0.2) is 0 Å². The number of rotatable bonds is 5. The van der Waals surface area contributed by atoms with Gasteiger partial charge in [-0.1, -0.05) is 30.3 Å². The third kappa shape index (κ3) is 4.54. The maximum absolute atomic E-state index is 13.4. The normalized spacial score (nSPS) is 18.2. The van der Waals surface area contributed by atoms with Gasteiger partial charge in [0.05, 0.1) is 5.41 Å². The van der Waals surface area contributed by atoms with Crippen LogP contribution in [0.1, 0.15) is 28.9 Å². The van der Waals surface area contributed by atoms with Gasteiger partial charge >= 0.3 is 0 Å². The number of carbonyl (C=O) groups excluding carboxylic acids is 2. The van der Waals surface area contributed by atoms with E-state index in [1.807, 2.05) is 18.2 Å². The summed E-state index contributed by atoms with van der Waals surface area (Å²) in [5.41, 5.74) is 3.08. The average Bonchev–Trinajstić information content (AvgIpc) is 2.84. The summed E-state index contributed by atoms with van der Waals surface area (Å²) in [7, 11) is 3.58. The quantitative estimate of drug-likeness (QED) is 0.622. The SMILES string of the molecule is CN(C)C(=O)[C@@]1(Cc2ccc(-c3ccncc3)cc2)CCCN(C(=O)c2ccccn2)C1. The van der Waals surface area contributed by atoms with Crippen molar-refractivity contribution in [2.45, 2.75) is 19.3 Å². The van der Waals surface area contributed by atoms with Gasteiger partial charge in [-0.2, -0.15) is 0 Å². The predicted octanol–water partition coefficient (Wildman–Crippen LogP) is 3.70. The van der Waals surface area contributed by atoms with E-state index in [9.17, 15) is 9.59 Å². The molecule has 0 saturated carbocycles. The summed E-state index contributed by atoms with van der Waals surface area (Å²) in [4.78, 5) is 38.2. The minimum Gasteiger partial charge on any atom is -0.348 e. The zero-order valence-electron chi connectivity index (χ0n) is 18.6. The Balaban J connectivity index is 1.59. The van der Waals surface area contributed by atoms with E-state index in [-0.39, 0.29) is 11.8 Å². The summed E-state index contributed by atoms with van der Waals surface area (Å²) >= 11 is 0. The van der Waals surface area contributed by atoms with Crippen molar-refractivity contribution in [3.05, 3.63) is 84.4 Å². The number of pyridine rings is 2. The minimum atomic E-state index is -0.648. The van der Waals surface area contributed by atoms with Crippen LogP contribution in [0, 0.1) is 5.41 Å². The molecule has 0 radical (unpaired) electrons. The lowest BCUT2D eigenvalue weighted by atomic mass is 9.73. The van der Waals surface area contributed by atoms with Crippen molar-refractivity contribution in [2.24, 2.45) is 5.41 Å². The number of aromatic nitrogens is 2. The molecule has 4 rings (SSSR count). The number of hydrogen-bond acceptors (Lipinski definition) is 4. The van der Waals surface area contributed by atoms with Crippen LogP contribution in [0.15, 0.2) is 73.2 Å². The van der Waals surface area contributed by atoms with Gasteiger partial charge < -0.3 is 9.80 Å². The molecule has 0 spiro atoms. The van der Waals surface area contributed by atoms with E-state index in [0.717, 1.165) is 29.5 Å². The maximum Gasteiger partial charge on any atom is 0.272 e. The molecule has 2 aromatic heterocycles. The van der Waals surface area contributed by atoms with Crippen LogP contribution in [0.3, 0.4) is 0 Å². The first-order valence-corrected chi connectivity index (χ1v) is 10.9. The van der Waals surface area contributed by atoms with Gasteiger partial charge in [-0.3, -0.25) is 19.6 Å². The second kappa shape index (κ2) is 9.30. The Labute approximate surface area is 188 Å². The van der Waals surface area contributed by atoms with Gasteiger partial charge in [0.25, 0.3) is 5.91 Å². The number of nitrogens with zero attached hydrogens (tertiary/aromatic N) is 4. The van der Waals surface area contributed by atoms with Gasteiger partial charge in [-0.25, -0.2) is 0 Å². The van der Waals surface area contributed by atoms with Crippen molar-refractivity contribution < 1.29 is 9.59 Å². The molecule has 164 valence electrons.